The molecule has 0 aliphatic carbocycles. The molecular weight excluding hydrogens is 285 g/mol. The second-order valence-electron chi connectivity index (χ2n) is 4.80. The molecule has 2 aromatic rings. The Morgan fingerprint density at radius 3 is 2.59 bits per heavy atom. The third-order valence-electron chi connectivity index (χ3n) is 3.32. The maximum atomic E-state index is 12.9. The van der Waals surface area contributed by atoms with E-state index in [9.17, 15) is 9.65 Å². The van der Waals surface area contributed by atoms with Crippen LogP contribution in [0.15, 0.2) is 28.7 Å². The number of oxazole rings is 1. The number of benzene rings is 1. The molecule has 0 radical (unpaired) electrons. The van der Waals surface area contributed by atoms with Gasteiger partial charge in [-0.15, -0.1) is 0 Å². The van der Waals surface area contributed by atoms with Crippen LogP contribution in [0.1, 0.15) is 17.1 Å². The predicted octanol–water partition coefficient (Wildman–Crippen LogP) is 2.69. The van der Waals surface area contributed by atoms with Gasteiger partial charge in [-0.25, -0.2) is 4.39 Å². The SMILES string of the molecule is N#Cc1nc(/C=C/c2ccc(F)cc2)oc1N1CCOCC1. The van der Waals surface area contributed by atoms with Crippen LogP contribution in [0.2, 0.25) is 0 Å². The lowest BCUT2D eigenvalue weighted by molar-refractivity contribution is 0.120. The van der Waals surface area contributed by atoms with Gasteiger partial charge in [0, 0.05) is 19.2 Å². The van der Waals surface area contributed by atoms with Crippen LogP contribution in [0, 0.1) is 17.1 Å². The summed E-state index contributed by atoms with van der Waals surface area (Å²) in [6.07, 6.45) is 3.42. The summed E-state index contributed by atoms with van der Waals surface area (Å²) in [5, 5.41) is 9.18. The normalized spacial score (nSPS) is 15.2. The molecule has 6 heteroatoms. The maximum absolute atomic E-state index is 12.9. The molecule has 0 bridgehead atoms. The molecule has 0 atom stereocenters. The first-order chi connectivity index (χ1) is 10.8. The van der Waals surface area contributed by atoms with Gasteiger partial charge >= 0.3 is 0 Å². The van der Waals surface area contributed by atoms with E-state index in [-0.39, 0.29) is 11.5 Å². The van der Waals surface area contributed by atoms with Gasteiger partial charge in [-0.3, -0.25) is 0 Å². The van der Waals surface area contributed by atoms with Crippen molar-refractivity contribution in [2.75, 3.05) is 31.2 Å². The van der Waals surface area contributed by atoms with E-state index in [0.717, 1.165) is 5.56 Å². The summed E-state index contributed by atoms with van der Waals surface area (Å²) in [6.45, 7) is 2.55. The van der Waals surface area contributed by atoms with Gasteiger partial charge in [-0.1, -0.05) is 12.1 Å². The quantitative estimate of drug-likeness (QED) is 0.872. The minimum absolute atomic E-state index is 0.264. The summed E-state index contributed by atoms with van der Waals surface area (Å²) in [7, 11) is 0. The van der Waals surface area contributed by atoms with Gasteiger partial charge in [0.2, 0.25) is 17.5 Å². The Bertz CT molecular complexity index is 710. The topological polar surface area (TPSA) is 62.3 Å². The summed E-state index contributed by atoms with van der Waals surface area (Å²) in [6, 6.07) is 8.13. The largest absolute Gasteiger partial charge is 0.420 e. The van der Waals surface area contributed by atoms with E-state index in [0.29, 0.717) is 38.1 Å². The number of nitrogens with zero attached hydrogens (tertiary/aromatic N) is 3. The molecule has 0 spiro atoms. The Kier molecular flexibility index (Phi) is 4.17. The molecule has 1 aromatic carbocycles. The van der Waals surface area contributed by atoms with E-state index in [1.54, 1.807) is 24.3 Å². The molecule has 2 heterocycles. The summed E-state index contributed by atoms with van der Waals surface area (Å²) in [5.41, 5.74) is 1.09. The monoisotopic (exact) mass is 299 g/mol. The summed E-state index contributed by atoms with van der Waals surface area (Å²) in [5.74, 6) is 0.543. The van der Waals surface area contributed by atoms with Crippen LogP contribution in [0.3, 0.4) is 0 Å². The van der Waals surface area contributed by atoms with Crippen LogP contribution in [0.4, 0.5) is 10.3 Å². The predicted molar refractivity (Wildman–Crippen MR) is 79.6 cm³/mol. The van der Waals surface area contributed by atoms with Gasteiger partial charge in [0.05, 0.1) is 13.2 Å². The van der Waals surface area contributed by atoms with Gasteiger partial charge in [-0.05, 0) is 23.8 Å². The number of nitriles is 1. The molecule has 1 aliphatic rings. The fourth-order valence-corrected chi connectivity index (χ4v) is 2.19. The Hall–Kier alpha value is -2.65. The van der Waals surface area contributed by atoms with E-state index < -0.39 is 0 Å². The number of aromatic nitrogens is 1. The van der Waals surface area contributed by atoms with Crippen molar-refractivity contribution in [2.24, 2.45) is 0 Å². The lowest BCUT2D eigenvalue weighted by atomic mass is 10.2. The van der Waals surface area contributed by atoms with E-state index in [1.807, 2.05) is 11.0 Å². The second-order valence-corrected chi connectivity index (χ2v) is 4.80. The zero-order valence-corrected chi connectivity index (χ0v) is 11.8. The number of hydrogen-bond acceptors (Lipinski definition) is 5. The molecule has 5 nitrogen and oxygen atoms in total. The fraction of sp³-hybridized carbons (Fsp3) is 0.250. The van der Waals surface area contributed by atoms with E-state index >= 15 is 0 Å². The molecule has 1 aromatic heterocycles. The van der Waals surface area contributed by atoms with Crippen molar-refractivity contribution in [1.82, 2.24) is 4.98 Å². The van der Waals surface area contributed by atoms with Crippen molar-refractivity contribution in [3.05, 3.63) is 47.2 Å². The zero-order chi connectivity index (χ0) is 15.4. The number of rotatable bonds is 3. The van der Waals surface area contributed by atoms with E-state index in [1.165, 1.54) is 12.1 Å². The molecule has 3 rings (SSSR count). The van der Waals surface area contributed by atoms with Crippen LogP contribution in [0.25, 0.3) is 12.2 Å². The number of halogens is 1. The fourth-order valence-electron chi connectivity index (χ4n) is 2.19. The average molecular weight is 299 g/mol. The highest BCUT2D eigenvalue weighted by molar-refractivity contribution is 5.67. The first kappa shape index (κ1) is 14.3. The molecule has 0 unspecified atom stereocenters. The van der Waals surface area contributed by atoms with Crippen LogP contribution in [-0.2, 0) is 4.74 Å². The second kappa shape index (κ2) is 6.41. The third kappa shape index (κ3) is 3.15. The standard InChI is InChI=1S/C16H14FN3O2/c17-13-4-1-12(2-5-13)3-6-15-19-14(11-18)16(22-15)20-7-9-21-10-8-20/h1-6H,7-10H2/b6-3+. The van der Waals surface area contributed by atoms with Crippen molar-refractivity contribution < 1.29 is 13.5 Å². The number of anilines is 1. The summed E-state index contributed by atoms with van der Waals surface area (Å²) < 4.78 is 23.8. The smallest absolute Gasteiger partial charge is 0.235 e. The molecule has 0 N–H and O–H groups in total. The minimum atomic E-state index is -0.283. The van der Waals surface area contributed by atoms with Crippen LogP contribution in [-0.4, -0.2) is 31.3 Å². The average Bonchev–Trinajstić information content (AvgIpc) is 2.98. The third-order valence-corrected chi connectivity index (χ3v) is 3.32. The maximum Gasteiger partial charge on any atom is 0.235 e. The van der Waals surface area contributed by atoms with Crippen LogP contribution in [0.5, 0.6) is 0 Å². The van der Waals surface area contributed by atoms with Gasteiger partial charge < -0.3 is 14.1 Å². The van der Waals surface area contributed by atoms with E-state index in [4.69, 9.17) is 9.15 Å². The Morgan fingerprint density at radius 2 is 1.91 bits per heavy atom. The molecule has 1 saturated heterocycles. The Labute approximate surface area is 127 Å². The molecule has 22 heavy (non-hydrogen) atoms. The minimum Gasteiger partial charge on any atom is -0.420 e. The molecule has 1 fully saturated rings. The summed E-state index contributed by atoms with van der Waals surface area (Å²) in [4.78, 5) is 6.11. The van der Waals surface area contributed by atoms with E-state index in [2.05, 4.69) is 4.98 Å². The van der Waals surface area contributed by atoms with Crippen molar-refractivity contribution in [2.45, 2.75) is 0 Å². The lowest BCUT2D eigenvalue weighted by Gasteiger charge is -2.25. The highest BCUT2D eigenvalue weighted by atomic mass is 19.1. The summed E-state index contributed by atoms with van der Waals surface area (Å²) >= 11 is 0. The van der Waals surface area contributed by atoms with Crippen molar-refractivity contribution in [1.29, 1.82) is 5.26 Å². The molecule has 112 valence electrons. The first-order valence-corrected chi connectivity index (χ1v) is 6.93. The van der Waals surface area contributed by atoms with Crippen molar-refractivity contribution >= 4 is 18.0 Å². The number of hydrogen-bond donors (Lipinski definition) is 0. The molecule has 1 aliphatic heterocycles. The molecule has 0 saturated carbocycles. The Balaban J connectivity index is 1.81. The van der Waals surface area contributed by atoms with Crippen molar-refractivity contribution in [3.63, 3.8) is 0 Å². The highest BCUT2D eigenvalue weighted by Crippen LogP contribution is 2.23. The molecular formula is C16H14FN3O2. The number of ether oxygens (including phenoxy) is 1. The van der Waals surface area contributed by atoms with Gasteiger partial charge in [0.25, 0.3) is 0 Å². The highest BCUT2D eigenvalue weighted by Gasteiger charge is 2.20. The van der Waals surface area contributed by atoms with Gasteiger partial charge in [0.15, 0.2) is 0 Å². The van der Waals surface area contributed by atoms with Gasteiger partial charge in [0.1, 0.15) is 11.9 Å². The zero-order valence-electron chi connectivity index (χ0n) is 11.8. The van der Waals surface area contributed by atoms with Crippen LogP contribution < -0.4 is 4.90 Å². The number of morpholine rings is 1. The first-order valence-electron chi connectivity index (χ1n) is 6.93. The van der Waals surface area contributed by atoms with Gasteiger partial charge in [-0.2, -0.15) is 10.2 Å². The van der Waals surface area contributed by atoms with Crippen LogP contribution >= 0.6 is 0 Å². The Morgan fingerprint density at radius 1 is 1.18 bits per heavy atom. The van der Waals surface area contributed by atoms with Crippen molar-refractivity contribution in [3.8, 4) is 6.07 Å². The lowest BCUT2D eigenvalue weighted by Crippen LogP contribution is -2.36. The molecule has 0 amide bonds.